The zero-order valence-electron chi connectivity index (χ0n) is 12.9. The summed E-state index contributed by atoms with van der Waals surface area (Å²) in [7, 11) is 0. The first-order valence-electron chi connectivity index (χ1n) is 7.43. The number of pyridine rings is 1. The van der Waals surface area contributed by atoms with E-state index in [0.29, 0.717) is 6.04 Å². The monoisotopic (exact) mass is 406 g/mol. The van der Waals surface area contributed by atoms with Gasteiger partial charge in [-0.25, -0.2) is 0 Å². The second-order valence-electron chi connectivity index (χ2n) is 5.55. The van der Waals surface area contributed by atoms with Gasteiger partial charge in [-0.2, -0.15) is 0 Å². The lowest BCUT2D eigenvalue weighted by Crippen LogP contribution is -2.40. The summed E-state index contributed by atoms with van der Waals surface area (Å²) in [5.41, 5.74) is 4.12. The molecule has 1 aromatic rings. The largest absolute Gasteiger partial charge is 0.300 e. The highest BCUT2D eigenvalue weighted by Crippen LogP contribution is 2.24. The van der Waals surface area contributed by atoms with Gasteiger partial charge in [-0.3, -0.25) is 4.98 Å². The van der Waals surface area contributed by atoms with Gasteiger partial charge in [0.25, 0.3) is 0 Å². The molecule has 2 rings (SSSR count). The molecule has 0 bridgehead atoms. The van der Waals surface area contributed by atoms with Crippen molar-refractivity contribution in [3.8, 4) is 0 Å². The second-order valence-corrected chi connectivity index (χ2v) is 5.55. The van der Waals surface area contributed by atoms with Crippen molar-refractivity contribution in [2.24, 2.45) is 0 Å². The van der Waals surface area contributed by atoms with Crippen molar-refractivity contribution in [3.63, 3.8) is 0 Å². The molecule has 1 heterocycles. The van der Waals surface area contributed by atoms with Crippen LogP contribution in [0.15, 0.2) is 12.3 Å². The Bertz CT molecular complexity index is 390. The van der Waals surface area contributed by atoms with Gasteiger partial charge in [0.1, 0.15) is 0 Å². The summed E-state index contributed by atoms with van der Waals surface area (Å²) in [6.07, 6.45) is 8.19. The molecule has 1 aliphatic carbocycles. The minimum Gasteiger partial charge on any atom is -0.300 e. The van der Waals surface area contributed by atoms with Gasteiger partial charge >= 0.3 is 0 Å². The predicted molar refractivity (Wildman–Crippen MR) is 97.6 cm³/mol. The molecule has 20 heavy (non-hydrogen) atoms. The Hall–Kier alpha value is 0.0700. The molecule has 1 aliphatic rings. The van der Waals surface area contributed by atoms with E-state index >= 15 is 0 Å². The summed E-state index contributed by atoms with van der Waals surface area (Å²) in [6.45, 7) is 9.17. The third-order valence-corrected chi connectivity index (χ3v) is 3.91. The molecule has 0 N–H and O–H groups in total. The zero-order chi connectivity index (χ0) is 13.0. The van der Waals surface area contributed by atoms with Gasteiger partial charge in [-0.1, -0.05) is 19.9 Å². The molecule has 0 radical (unpaired) electrons. The Labute approximate surface area is 144 Å². The summed E-state index contributed by atoms with van der Waals surface area (Å²) >= 11 is 0. The number of fused-ring (bicyclic) bond motifs is 1. The van der Waals surface area contributed by atoms with E-state index in [0.717, 1.165) is 6.42 Å². The SMILES string of the molecule is Br.Br.CCCN(CCC)C1CCc2cc(C)cnc2C1. The normalized spacial score (nSPS) is 17.1. The fraction of sp³-hybridized carbons (Fsp3) is 0.688. The van der Waals surface area contributed by atoms with Crippen molar-refractivity contribution in [3.05, 3.63) is 29.1 Å². The van der Waals surface area contributed by atoms with Crippen molar-refractivity contribution in [1.82, 2.24) is 9.88 Å². The quantitative estimate of drug-likeness (QED) is 0.712. The van der Waals surface area contributed by atoms with Crippen molar-refractivity contribution < 1.29 is 0 Å². The summed E-state index contributed by atoms with van der Waals surface area (Å²) < 4.78 is 0. The minimum absolute atomic E-state index is 0. The highest BCUT2D eigenvalue weighted by molar-refractivity contribution is 8.93. The Kier molecular flexibility index (Phi) is 9.94. The molecule has 2 nitrogen and oxygen atoms in total. The number of nitrogens with zero attached hydrogens (tertiary/aromatic N) is 2. The third kappa shape index (κ3) is 5.12. The summed E-state index contributed by atoms with van der Waals surface area (Å²) in [5.74, 6) is 0. The summed E-state index contributed by atoms with van der Waals surface area (Å²) in [6, 6.07) is 3.04. The van der Waals surface area contributed by atoms with E-state index in [-0.39, 0.29) is 34.0 Å². The van der Waals surface area contributed by atoms with Crippen molar-refractivity contribution in [2.45, 2.75) is 58.9 Å². The molecule has 1 aromatic heterocycles. The van der Waals surface area contributed by atoms with Crippen LogP contribution in [0.5, 0.6) is 0 Å². The van der Waals surface area contributed by atoms with E-state index in [4.69, 9.17) is 0 Å². The maximum Gasteiger partial charge on any atom is 0.0451 e. The summed E-state index contributed by atoms with van der Waals surface area (Å²) in [5, 5.41) is 0. The molecule has 0 aliphatic heterocycles. The molecular weight excluding hydrogens is 380 g/mol. The molecule has 0 saturated carbocycles. The molecule has 116 valence electrons. The van der Waals surface area contributed by atoms with Crippen LogP contribution in [-0.2, 0) is 12.8 Å². The molecule has 0 amide bonds. The van der Waals surface area contributed by atoms with Gasteiger partial charge in [0, 0.05) is 24.4 Å². The van der Waals surface area contributed by atoms with Gasteiger partial charge in [0.05, 0.1) is 0 Å². The second kappa shape index (κ2) is 9.91. The van der Waals surface area contributed by atoms with Crippen LogP contribution in [-0.4, -0.2) is 29.0 Å². The smallest absolute Gasteiger partial charge is 0.0451 e. The molecule has 1 atom stereocenters. The van der Waals surface area contributed by atoms with E-state index in [2.05, 4.69) is 36.7 Å². The number of hydrogen-bond acceptors (Lipinski definition) is 2. The Morgan fingerprint density at radius 1 is 1.20 bits per heavy atom. The lowest BCUT2D eigenvalue weighted by Gasteiger charge is -2.34. The van der Waals surface area contributed by atoms with Gasteiger partial charge in [-0.05, 0) is 56.8 Å². The van der Waals surface area contributed by atoms with Crippen LogP contribution in [0.1, 0.15) is 49.9 Å². The van der Waals surface area contributed by atoms with E-state index < -0.39 is 0 Å². The Morgan fingerprint density at radius 3 is 2.45 bits per heavy atom. The van der Waals surface area contributed by atoms with Crippen LogP contribution in [0.2, 0.25) is 0 Å². The number of rotatable bonds is 5. The maximum absolute atomic E-state index is 4.65. The third-order valence-electron chi connectivity index (χ3n) is 3.91. The number of halogens is 2. The molecule has 4 heteroatoms. The van der Waals surface area contributed by atoms with Crippen LogP contribution in [0, 0.1) is 6.92 Å². The van der Waals surface area contributed by atoms with Crippen LogP contribution >= 0.6 is 34.0 Å². The van der Waals surface area contributed by atoms with E-state index in [1.54, 1.807) is 0 Å². The molecule has 0 spiro atoms. The molecule has 0 saturated heterocycles. The predicted octanol–water partition coefficient (Wildman–Crippen LogP) is 4.53. The topological polar surface area (TPSA) is 16.1 Å². The Balaban J connectivity index is 0.00000180. The minimum atomic E-state index is 0. The first kappa shape index (κ1) is 20.1. The van der Waals surface area contributed by atoms with E-state index in [1.165, 1.54) is 55.6 Å². The average molecular weight is 408 g/mol. The molecular formula is C16H28Br2N2. The van der Waals surface area contributed by atoms with E-state index in [9.17, 15) is 0 Å². The van der Waals surface area contributed by atoms with Gasteiger partial charge in [-0.15, -0.1) is 34.0 Å². The first-order chi connectivity index (χ1) is 8.74. The van der Waals surface area contributed by atoms with Crippen molar-refractivity contribution in [1.29, 1.82) is 0 Å². The number of aromatic nitrogens is 1. The van der Waals surface area contributed by atoms with Gasteiger partial charge in [0.2, 0.25) is 0 Å². The lowest BCUT2D eigenvalue weighted by atomic mass is 9.90. The number of aryl methyl sites for hydroxylation is 2. The van der Waals surface area contributed by atoms with E-state index in [1.807, 2.05) is 6.20 Å². The standard InChI is InChI=1S/C16H26N2.2BrH/c1-4-8-18(9-5-2)15-7-6-14-10-13(3)12-17-16(14)11-15;;/h10,12,15H,4-9,11H2,1-3H3;2*1H. The van der Waals surface area contributed by atoms with Crippen molar-refractivity contribution >= 4 is 34.0 Å². The number of hydrogen-bond donors (Lipinski definition) is 0. The maximum atomic E-state index is 4.65. The first-order valence-corrected chi connectivity index (χ1v) is 7.43. The fourth-order valence-electron chi connectivity index (χ4n) is 3.07. The lowest BCUT2D eigenvalue weighted by molar-refractivity contribution is 0.178. The highest BCUT2D eigenvalue weighted by Gasteiger charge is 2.24. The van der Waals surface area contributed by atoms with Crippen LogP contribution in [0.25, 0.3) is 0 Å². The van der Waals surface area contributed by atoms with Gasteiger partial charge in [0.15, 0.2) is 0 Å². The fourth-order valence-corrected chi connectivity index (χ4v) is 3.07. The summed E-state index contributed by atoms with van der Waals surface area (Å²) in [4.78, 5) is 7.32. The van der Waals surface area contributed by atoms with Gasteiger partial charge < -0.3 is 4.90 Å². The van der Waals surface area contributed by atoms with Crippen LogP contribution < -0.4 is 0 Å². The molecule has 0 fully saturated rings. The Morgan fingerprint density at radius 2 is 1.85 bits per heavy atom. The highest BCUT2D eigenvalue weighted by atomic mass is 79.9. The molecule has 1 unspecified atom stereocenters. The van der Waals surface area contributed by atoms with Crippen molar-refractivity contribution in [2.75, 3.05) is 13.1 Å². The van der Waals surface area contributed by atoms with Crippen LogP contribution in [0.3, 0.4) is 0 Å². The zero-order valence-corrected chi connectivity index (χ0v) is 16.3. The molecule has 0 aromatic carbocycles. The average Bonchev–Trinajstić information content (AvgIpc) is 2.38. The van der Waals surface area contributed by atoms with Crippen LogP contribution in [0.4, 0.5) is 0 Å².